The maximum atomic E-state index is 13.1. The molecule has 0 radical (unpaired) electrons. The van der Waals surface area contributed by atoms with Gasteiger partial charge in [0.25, 0.3) is 5.91 Å². The summed E-state index contributed by atoms with van der Waals surface area (Å²) in [5, 5.41) is 6.93. The summed E-state index contributed by atoms with van der Waals surface area (Å²) in [4.78, 5) is 29.0. The molecule has 1 N–H and O–H groups in total. The molecule has 0 unspecified atom stereocenters. The van der Waals surface area contributed by atoms with Crippen LogP contribution < -0.4 is 5.32 Å². The van der Waals surface area contributed by atoms with Crippen molar-refractivity contribution in [1.29, 1.82) is 0 Å². The Kier molecular flexibility index (Phi) is 8.20. The Hall–Kier alpha value is -3.41. The molecule has 0 fully saturated rings. The van der Waals surface area contributed by atoms with Crippen LogP contribution in [0.2, 0.25) is 0 Å². The van der Waals surface area contributed by atoms with Crippen molar-refractivity contribution >= 4 is 11.7 Å². The summed E-state index contributed by atoms with van der Waals surface area (Å²) in [5.41, 5.74) is 10.8. The molecule has 3 rings (SSSR count). The second kappa shape index (κ2) is 11.3. The van der Waals surface area contributed by atoms with Gasteiger partial charge in [0.1, 0.15) is 0 Å². The minimum Gasteiger partial charge on any atom is -0.369 e. The maximum absolute atomic E-state index is 13.1. The van der Waals surface area contributed by atoms with Gasteiger partial charge in [-0.2, -0.15) is 0 Å². The first-order valence-electron chi connectivity index (χ1n) is 10.9. The van der Waals surface area contributed by atoms with Crippen LogP contribution in [0.25, 0.3) is 10.4 Å². The normalized spacial score (nSPS) is 20.2. The van der Waals surface area contributed by atoms with Gasteiger partial charge < -0.3 is 10.1 Å². The van der Waals surface area contributed by atoms with Gasteiger partial charge in [-0.25, -0.2) is 0 Å². The highest BCUT2D eigenvalue weighted by Gasteiger charge is 2.37. The van der Waals surface area contributed by atoms with Crippen LogP contribution in [0.4, 0.5) is 0 Å². The molecule has 2 aromatic rings. The fourth-order valence-electron chi connectivity index (χ4n) is 3.89. The molecule has 0 spiro atoms. The number of benzene rings is 2. The minimum absolute atomic E-state index is 0.0507. The molecule has 7 heteroatoms. The van der Waals surface area contributed by atoms with Gasteiger partial charge in [0.15, 0.2) is 5.78 Å². The second-order valence-corrected chi connectivity index (χ2v) is 7.77. The lowest BCUT2D eigenvalue weighted by Crippen LogP contribution is -2.53. The lowest BCUT2D eigenvalue weighted by atomic mass is 9.84. The van der Waals surface area contributed by atoms with Crippen LogP contribution in [0.15, 0.2) is 77.4 Å². The van der Waals surface area contributed by atoms with Crippen molar-refractivity contribution in [2.24, 2.45) is 5.11 Å². The molecule has 3 atom stereocenters. The van der Waals surface area contributed by atoms with Crippen LogP contribution in [0.1, 0.15) is 53.8 Å². The molecule has 1 aliphatic carbocycles. The number of azide groups is 1. The molecule has 7 nitrogen and oxygen atoms in total. The highest BCUT2D eigenvalue weighted by atomic mass is 16.5. The zero-order valence-electron chi connectivity index (χ0n) is 18.3. The zero-order chi connectivity index (χ0) is 22.9. The van der Waals surface area contributed by atoms with E-state index in [9.17, 15) is 15.1 Å². The Labute approximate surface area is 188 Å². The molecule has 0 saturated carbocycles. The summed E-state index contributed by atoms with van der Waals surface area (Å²) < 4.78 is 6.31. The second-order valence-electron chi connectivity index (χ2n) is 7.77. The van der Waals surface area contributed by atoms with Crippen LogP contribution in [0.5, 0.6) is 0 Å². The molecular formula is C25H28N4O3. The van der Waals surface area contributed by atoms with E-state index in [-0.39, 0.29) is 24.2 Å². The number of nitrogens with one attached hydrogen (secondary N) is 1. The first-order valence-corrected chi connectivity index (χ1v) is 10.9. The maximum Gasteiger partial charge on any atom is 0.251 e. The molecule has 0 bridgehead atoms. The molecule has 2 aromatic carbocycles. The van der Waals surface area contributed by atoms with E-state index in [1.54, 1.807) is 42.5 Å². The summed E-state index contributed by atoms with van der Waals surface area (Å²) in [6, 6.07) is 16.6. The number of hydrogen-bond acceptors (Lipinski definition) is 4. The highest BCUT2D eigenvalue weighted by Crippen LogP contribution is 2.28. The van der Waals surface area contributed by atoms with Crippen LogP contribution in [0, 0.1) is 0 Å². The van der Waals surface area contributed by atoms with Gasteiger partial charge in [0, 0.05) is 16.0 Å². The van der Waals surface area contributed by atoms with Crippen molar-refractivity contribution in [3.05, 3.63) is 93.9 Å². The quantitative estimate of drug-likeness (QED) is 0.253. The Morgan fingerprint density at radius 3 is 2.22 bits per heavy atom. The molecule has 32 heavy (non-hydrogen) atoms. The van der Waals surface area contributed by atoms with E-state index >= 15 is 0 Å². The number of hydrogen-bond donors (Lipinski definition) is 1. The number of carbonyl (C=O) groups is 2. The predicted molar refractivity (Wildman–Crippen MR) is 123 cm³/mol. The fraction of sp³-hybridized carbons (Fsp3) is 0.360. The van der Waals surface area contributed by atoms with E-state index in [1.807, 2.05) is 38.1 Å². The lowest BCUT2D eigenvalue weighted by Gasteiger charge is -2.37. The van der Waals surface area contributed by atoms with E-state index in [0.29, 0.717) is 16.7 Å². The summed E-state index contributed by atoms with van der Waals surface area (Å²) in [6.45, 7) is 4.05. The minimum atomic E-state index is -0.653. The molecule has 0 heterocycles. The number of nitrogens with zero attached hydrogens (tertiary/aromatic N) is 3. The van der Waals surface area contributed by atoms with Crippen molar-refractivity contribution in [3.63, 3.8) is 0 Å². The Morgan fingerprint density at radius 1 is 1.06 bits per heavy atom. The van der Waals surface area contributed by atoms with E-state index in [0.717, 1.165) is 12.8 Å². The van der Waals surface area contributed by atoms with Gasteiger partial charge in [-0.05, 0) is 48.6 Å². The molecule has 0 aromatic heterocycles. The molecule has 1 amide bonds. The zero-order valence-corrected chi connectivity index (χ0v) is 18.3. The lowest BCUT2D eigenvalue weighted by molar-refractivity contribution is -0.0160. The van der Waals surface area contributed by atoms with E-state index in [4.69, 9.17) is 4.74 Å². The third kappa shape index (κ3) is 5.63. The first-order chi connectivity index (χ1) is 15.6. The molecule has 166 valence electrons. The summed E-state index contributed by atoms with van der Waals surface area (Å²) in [7, 11) is 0. The number of amides is 1. The SMILES string of the molecule is CCC(CC)O[C@@H]1C=C(C(=O)c2ccccc2)C[C@H](N=[N+]=[N-])[C@H]1NC(=O)c1ccccc1. The van der Waals surface area contributed by atoms with Gasteiger partial charge in [0.2, 0.25) is 0 Å². The topological polar surface area (TPSA) is 104 Å². The van der Waals surface area contributed by atoms with Crippen LogP contribution in [-0.2, 0) is 4.74 Å². The number of Topliss-reactive ketones (excluding diaryl/α,β-unsaturated/α-hetero) is 1. The van der Waals surface area contributed by atoms with Crippen molar-refractivity contribution < 1.29 is 14.3 Å². The summed E-state index contributed by atoms with van der Waals surface area (Å²) in [5.74, 6) is -0.409. The van der Waals surface area contributed by atoms with Crippen molar-refractivity contribution in [2.75, 3.05) is 0 Å². The number of carbonyl (C=O) groups excluding carboxylic acids is 2. The standard InChI is InChI=1S/C25H28N4O3/c1-3-20(4-2)32-22-16-19(24(30)17-11-7-5-8-12-17)15-21(28-29-26)23(22)27-25(31)18-13-9-6-10-14-18/h5-14,16,20-23H,3-4,15H2,1-2H3,(H,27,31)/t21-,22+,23+/m0/s1. The van der Waals surface area contributed by atoms with Gasteiger partial charge in [-0.3, -0.25) is 9.59 Å². The van der Waals surface area contributed by atoms with Gasteiger partial charge >= 0.3 is 0 Å². The van der Waals surface area contributed by atoms with Crippen molar-refractivity contribution in [2.45, 2.75) is 57.4 Å². The van der Waals surface area contributed by atoms with Crippen molar-refractivity contribution in [1.82, 2.24) is 5.32 Å². The number of ether oxygens (including phenoxy) is 1. The van der Waals surface area contributed by atoms with E-state index < -0.39 is 18.2 Å². The van der Waals surface area contributed by atoms with Gasteiger partial charge in [0.05, 0.1) is 24.3 Å². The average Bonchev–Trinajstić information content (AvgIpc) is 2.84. The predicted octanol–water partition coefficient (Wildman–Crippen LogP) is 5.25. The molecule has 0 saturated heterocycles. The smallest absolute Gasteiger partial charge is 0.251 e. The first kappa shape index (κ1) is 23.3. The Balaban J connectivity index is 1.96. The molecule has 1 aliphatic rings. The van der Waals surface area contributed by atoms with Crippen LogP contribution in [-0.4, -0.2) is 36.0 Å². The molecule has 0 aliphatic heterocycles. The number of ketones is 1. The number of rotatable bonds is 9. The third-order valence-electron chi connectivity index (χ3n) is 5.68. The summed E-state index contributed by atoms with van der Waals surface area (Å²) in [6.07, 6.45) is 2.93. The third-order valence-corrected chi connectivity index (χ3v) is 5.68. The van der Waals surface area contributed by atoms with Crippen LogP contribution in [0.3, 0.4) is 0 Å². The largest absolute Gasteiger partial charge is 0.369 e. The van der Waals surface area contributed by atoms with Gasteiger partial charge in [-0.15, -0.1) is 0 Å². The van der Waals surface area contributed by atoms with Crippen LogP contribution >= 0.6 is 0 Å². The summed E-state index contributed by atoms with van der Waals surface area (Å²) >= 11 is 0. The van der Waals surface area contributed by atoms with Crippen molar-refractivity contribution in [3.8, 4) is 0 Å². The van der Waals surface area contributed by atoms with E-state index in [2.05, 4.69) is 15.3 Å². The Morgan fingerprint density at radius 2 is 1.66 bits per heavy atom. The van der Waals surface area contributed by atoms with E-state index in [1.165, 1.54) is 0 Å². The fourth-order valence-corrected chi connectivity index (χ4v) is 3.89. The van der Waals surface area contributed by atoms with Gasteiger partial charge in [-0.1, -0.05) is 67.5 Å². The highest BCUT2D eigenvalue weighted by molar-refractivity contribution is 6.09. The average molecular weight is 433 g/mol. The monoisotopic (exact) mass is 432 g/mol. The molecular weight excluding hydrogens is 404 g/mol. The Bertz CT molecular complexity index is 996.